The molecule has 29 heavy (non-hydrogen) atoms. The molecule has 3 heterocycles. The summed E-state index contributed by atoms with van der Waals surface area (Å²) in [6, 6.07) is 12.7. The topological polar surface area (TPSA) is 55.1 Å². The maximum absolute atomic E-state index is 12.4. The number of rotatable bonds is 7. The number of nitrogens with zero attached hydrogens (tertiary/aromatic N) is 4. The van der Waals surface area contributed by atoms with Gasteiger partial charge in [0.25, 0.3) is 0 Å². The second kappa shape index (κ2) is 8.25. The molecular formula is C23H29N5O. The lowest BCUT2D eigenvalue weighted by Crippen LogP contribution is -2.29. The lowest BCUT2D eigenvalue weighted by molar-refractivity contribution is -0.127. The molecule has 0 unspecified atom stereocenters. The number of benzene rings is 1. The van der Waals surface area contributed by atoms with Crippen LogP contribution in [0.4, 0.5) is 0 Å². The van der Waals surface area contributed by atoms with Crippen molar-refractivity contribution in [3.05, 3.63) is 77.4 Å². The molecule has 0 bridgehead atoms. The molecule has 1 fully saturated rings. The largest absolute Gasteiger partial charge is 0.350 e. The second-order valence-corrected chi connectivity index (χ2v) is 8.03. The summed E-state index contributed by atoms with van der Waals surface area (Å²) < 4.78 is 4.09. The average Bonchev–Trinajstić information content (AvgIpc) is 3.37. The van der Waals surface area contributed by atoms with Crippen LogP contribution in [0, 0.1) is 12.8 Å². The predicted molar refractivity (Wildman–Crippen MR) is 113 cm³/mol. The highest BCUT2D eigenvalue weighted by atomic mass is 16.2. The van der Waals surface area contributed by atoms with E-state index in [-0.39, 0.29) is 17.9 Å². The van der Waals surface area contributed by atoms with Crippen molar-refractivity contribution in [1.29, 1.82) is 0 Å². The minimum Gasteiger partial charge on any atom is -0.350 e. The molecule has 152 valence electrons. The van der Waals surface area contributed by atoms with E-state index in [1.54, 1.807) is 0 Å². The predicted octanol–water partition coefficient (Wildman–Crippen LogP) is 2.89. The Morgan fingerprint density at radius 1 is 1.14 bits per heavy atom. The number of hydrogen-bond donors (Lipinski definition) is 1. The number of carbonyl (C=O) groups is 1. The highest BCUT2D eigenvalue weighted by Gasteiger charge is 2.39. The van der Waals surface area contributed by atoms with E-state index in [2.05, 4.69) is 64.6 Å². The minimum atomic E-state index is 0.0892. The molecule has 1 saturated heterocycles. The van der Waals surface area contributed by atoms with Gasteiger partial charge in [0.05, 0.1) is 12.2 Å². The SMILES string of the molecule is Cc1c([C@H]2[C@H](CNCc3ccn(Cc4ccccc4)c3)CC(=O)N2C)cnn1C. The van der Waals surface area contributed by atoms with E-state index in [1.165, 1.54) is 11.1 Å². The van der Waals surface area contributed by atoms with Gasteiger partial charge in [-0.2, -0.15) is 5.10 Å². The van der Waals surface area contributed by atoms with Crippen molar-refractivity contribution in [2.75, 3.05) is 13.6 Å². The molecule has 0 saturated carbocycles. The Morgan fingerprint density at radius 3 is 2.66 bits per heavy atom. The van der Waals surface area contributed by atoms with Crippen molar-refractivity contribution in [3.63, 3.8) is 0 Å². The quantitative estimate of drug-likeness (QED) is 0.674. The molecule has 2 aromatic heterocycles. The number of nitrogens with one attached hydrogen (secondary N) is 1. The van der Waals surface area contributed by atoms with E-state index in [0.29, 0.717) is 6.42 Å². The summed E-state index contributed by atoms with van der Waals surface area (Å²) in [5.74, 6) is 0.459. The number of aromatic nitrogens is 3. The molecule has 1 aliphatic rings. The maximum atomic E-state index is 12.4. The van der Waals surface area contributed by atoms with Crippen LogP contribution in [0.25, 0.3) is 0 Å². The third kappa shape index (κ3) is 4.12. The summed E-state index contributed by atoms with van der Waals surface area (Å²) in [6.45, 7) is 4.55. The van der Waals surface area contributed by atoms with Crippen molar-refractivity contribution in [2.45, 2.75) is 32.5 Å². The van der Waals surface area contributed by atoms with Crippen LogP contribution in [0.2, 0.25) is 0 Å². The zero-order chi connectivity index (χ0) is 20.4. The molecule has 0 spiro atoms. The highest BCUT2D eigenvalue weighted by Crippen LogP contribution is 2.37. The van der Waals surface area contributed by atoms with Gasteiger partial charge in [0.1, 0.15) is 0 Å². The van der Waals surface area contributed by atoms with Gasteiger partial charge in [0.15, 0.2) is 0 Å². The standard InChI is InChI=1S/C23H29N5O/c1-17-21(14-25-27(17)3)23-20(11-22(29)26(23)2)13-24-12-19-9-10-28(16-19)15-18-7-5-4-6-8-18/h4-10,14,16,20,23-24H,11-13,15H2,1-3H3/t20-,23+/m0/s1. The molecule has 3 aromatic rings. The molecule has 0 radical (unpaired) electrons. The Kier molecular flexibility index (Phi) is 5.53. The minimum absolute atomic E-state index is 0.0892. The number of carbonyl (C=O) groups excluding carboxylic acids is 1. The van der Waals surface area contributed by atoms with Gasteiger partial charge < -0.3 is 14.8 Å². The molecule has 1 aromatic carbocycles. The van der Waals surface area contributed by atoms with Gasteiger partial charge in [-0.1, -0.05) is 30.3 Å². The molecule has 1 N–H and O–H groups in total. The van der Waals surface area contributed by atoms with Gasteiger partial charge in [-0.3, -0.25) is 9.48 Å². The zero-order valence-corrected chi connectivity index (χ0v) is 17.4. The van der Waals surface area contributed by atoms with Crippen molar-refractivity contribution < 1.29 is 4.79 Å². The Morgan fingerprint density at radius 2 is 1.93 bits per heavy atom. The Labute approximate surface area is 172 Å². The Bertz CT molecular complexity index is 974. The lowest BCUT2D eigenvalue weighted by Gasteiger charge is -2.25. The van der Waals surface area contributed by atoms with Gasteiger partial charge in [-0.15, -0.1) is 0 Å². The summed E-state index contributed by atoms with van der Waals surface area (Å²) in [6.07, 6.45) is 6.80. The number of amides is 1. The second-order valence-electron chi connectivity index (χ2n) is 8.03. The Balaban J connectivity index is 1.36. The monoisotopic (exact) mass is 391 g/mol. The van der Waals surface area contributed by atoms with Crippen molar-refractivity contribution >= 4 is 5.91 Å². The molecule has 1 amide bonds. The average molecular weight is 392 g/mol. The van der Waals surface area contributed by atoms with Crippen LogP contribution >= 0.6 is 0 Å². The van der Waals surface area contributed by atoms with Gasteiger partial charge in [-0.05, 0) is 24.1 Å². The van der Waals surface area contributed by atoms with E-state index >= 15 is 0 Å². The molecule has 1 aliphatic heterocycles. The van der Waals surface area contributed by atoms with E-state index < -0.39 is 0 Å². The third-order valence-electron chi connectivity index (χ3n) is 6.04. The fourth-order valence-corrected chi connectivity index (χ4v) is 4.29. The van der Waals surface area contributed by atoms with Crippen molar-refractivity contribution in [2.24, 2.45) is 13.0 Å². The Hall–Kier alpha value is -2.86. The van der Waals surface area contributed by atoms with Crippen LogP contribution in [0.15, 0.2) is 55.0 Å². The number of hydrogen-bond acceptors (Lipinski definition) is 3. The fraction of sp³-hybridized carbons (Fsp3) is 0.391. The summed E-state index contributed by atoms with van der Waals surface area (Å²) in [7, 11) is 3.85. The smallest absolute Gasteiger partial charge is 0.223 e. The molecular weight excluding hydrogens is 362 g/mol. The molecule has 6 nitrogen and oxygen atoms in total. The van der Waals surface area contributed by atoms with Crippen LogP contribution in [-0.4, -0.2) is 38.7 Å². The van der Waals surface area contributed by atoms with Crippen LogP contribution in [0.1, 0.15) is 34.8 Å². The van der Waals surface area contributed by atoms with Gasteiger partial charge in [0.2, 0.25) is 5.91 Å². The fourth-order valence-electron chi connectivity index (χ4n) is 4.29. The van der Waals surface area contributed by atoms with Gasteiger partial charge in [-0.25, -0.2) is 0 Å². The lowest BCUT2D eigenvalue weighted by atomic mass is 9.94. The summed E-state index contributed by atoms with van der Waals surface area (Å²) >= 11 is 0. The maximum Gasteiger partial charge on any atom is 0.223 e. The first-order valence-electron chi connectivity index (χ1n) is 10.2. The molecule has 4 rings (SSSR count). The normalized spacial score (nSPS) is 19.3. The van der Waals surface area contributed by atoms with E-state index in [0.717, 1.165) is 30.9 Å². The van der Waals surface area contributed by atoms with Crippen LogP contribution in [0.3, 0.4) is 0 Å². The number of likely N-dealkylation sites (tertiary alicyclic amines) is 1. The van der Waals surface area contributed by atoms with Crippen LogP contribution in [-0.2, 0) is 24.9 Å². The van der Waals surface area contributed by atoms with Gasteiger partial charge in [0, 0.05) is 69.7 Å². The van der Waals surface area contributed by atoms with Gasteiger partial charge >= 0.3 is 0 Å². The first-order valence-corrected chi connectivity index (χ1v) is 10.2. The number of aryl methyl sites for hydroxylation is 1. The summed E-state index contributed by atoms with van der Waals surface area (Å²) in [4.78, 5) is 14.2. The molecule has 6 heteroatoms. The van der Waals surface area contributed by atoms with Crippen molar-refractivity contribution in [1.82, 2.24) is 24.6 Å². The van der Waals surface area contributed by atoms with Crippen LogP contribution < -0.4 is 5.32 Å². The molecule has 0 aliphatic carbocycles. The van der Waals surface area contributed by atoms with Crippen molar-refractivity contribution in [3.8, 4) is 0 Å². The molecule has 2 atom stereocenters. The van der Waals surface area contributed by atoms with E-state index in [9.17, 15) is 4.79 Å². The third-order valence-corrected chi connectivity index (χ3v) is 6.04. The van der Waals surface area contributed by atoms with Crippen LogP contribution in [0.5, 0.6) is 0 Å². The van der Waals surface area contributed by atoms with E-state index in [4.69, 9.17) is 0 Å². The van der Waals surface area contributed by atoms with E-state index in [1.807, 2.05) is 35.9 Å². The highest BCUT2D eigenvalue weighted by molar-refractivity contribution is 5.79. The zero-order valence-electron chi connectivity index (χ0n) is 17.4. The first kappa shape index (κ1) is 19.5. The first-order chi connectivity index (χ1) is 14.0. The summed E-state index contributed by atoms with van der Waals surface area (Å²) in [5.41, 5.74) is 4.83. The summed E-state index contributed by atoms with van der Waals surface area (Å²) in [5, 5.41) is 7.94.